The van der Waals surface area contributed by atoms with Crippen LogP contribution < -0.4 is 10.7 Å². The van der Waals surface area contributed by atoms with Crippen molar-refractivity contribution in [1.82, 2.24) is 9.73 Å². The normalized spacial score (nSPS) is 18.4. The monoisotopic (exact) mass is 350 g/mol. The molecule has 0 atom stereocenters. The molecule has 0 radical (unpaired) electrons. The molecule has 0 spiro atoms. The summed E-state index contributed by atoms with van der Waals surface area (Å²) in [5.74, 6) is -0.577. The summed E-state index contributed by atoms with van der Waals surface area (Å²) in [6, 6.07) is 5.47. The van der Waals surface area contributed by atoms with Gasteiger partial charge in [0.05, 0.1) is 6.26 Å². The highest BCUT2D eigenvalue weighted by molar-refractivity contribution is 7.88. The Balaban J connectivity index is 1.74. The third-order valence-electron chi connectivity index (χ3n) is 4.08. The number of carbonyl (C=O) groups excluding carboxylic acids is 2. The fourth-order valence-electron chi connectivity index (χ4n) is 2.73. The zero-order valence-corrected chi connectivity index (χ0v) is 14.0. The fourth-order valence-corrected chi connectivity index (χ4v) is 3.53. The van der Waals surface area contributed by atoms with Crippen LogP contribution in [0.2, 0.25) is 0 Å². The highest BCUT2D eigenvalue weighted by Gasteiger charge is 2.24. The van der Waals surface area contributed by atoms with Gasteiger partial charge in [0.25, 0.3) is 5.91 Å². The molecule has 2 amide bonds. The van der Waals surface area contributed by atoms with Gasteiger partial charge in [0.1, 0.15) is 5.71 Å². The van der Waals surface area contributed by atoms with E-state index in [4.69, 9.17) is 0 Å². The topological polar surface area (TPSA) is 108 Å². The number of hydrogen-bond donors (Lipinski definition) is 2. The summed E-state index contributed by atoms with van der Waals surface area (Å²) in [4.78, 5) is 23.2. The van der Waals surface area contributed by atoms with Crippen molar-refractivity contribution in [3.63, 3.8) is 0 Å². The fraction of sp³-hybridized carbons (Fsp3) is 0.400. The lowest BCUT2D eigenvalue weighted by atomic mass is 10.0. The first-order chi connectivity index (χ1) is 11.3. The molecule has 0 aliphatic carbocycles. The van der Waals surface area contributed by atoms with E-state index in [9.17, 15) is 18.0 Å². The van der Waals surface area contributed by atoms with E-state index in [1.54, 1.807) is 12.1 Å². The number of sulfonamides is 1. The van der Waals surface area contributed by atoms with Crippen LogP contribution in [0.3, 0.4) is 0 Å². The predicted octanol–water partition coefficient (Wildman–Crippen LogP) is 0.209. The molecule has 2 aliphatic heterocycles. The van der Waals surface area contributed by atoms with Crippen molar-refractivity contribution >= 4 is 33.2 Å². The number of carbonyl (C=O) groups is 2. The van der Waals surface area contributed by atoms with Gasteiger partial charge in [-0.2, -0.15) is 9.41 Å². The lowest BCUT2D eigenvalue weighted by Gasteiger charge is -2.27. The van der Waals surface area contributed by atoms with Gasteiger partial charge in [-0.1, -0.05) is 6.07 Å². The van der Waals surface area contributed by atoms with Crippen LogP contribution in [-0.4, -0.2) is 43.0 Å². The average molecular weight is 350 g/mol. The van der Waals surface area contributed by atoms with E-state index in [0.29, 0.717) is 31.6 Å². The quantitative estimate of drug-likeness (QED) is 0.812. The minimum absolute atomic E-state index is 0.207. The Hall–Kier alpha value is -2.26. The predicted molar refractivity (Wildman–Crippen MR) is 88.8 cm³/mol. The maximum Gasteiger partial charge on any atom is 0.271 e. The van der Waals surface area contributed by atoms with Gasteiger partial charge in [-0.3, -0.25) is 9.59 Å². The number of amides is 2. The summed E-state index contributed by atoms with van der Waals surface area (Å²) in [5, 5.41) is 6.50. The van der Waals surface area contributed by atoms with Gasteiger partial charge in [0, 0.05) is 31.6 Å². The molecule has 1 aromatic carbocycles. The first-order valence-corrected chi connectivity index (χ1v) is 9.41. The number of rotatable bonds is 3. The number of benzene rings is 1. The number of nitrogens with one attached hydrogen (secondary N) is 2. The Morgan fingerprint density at radius 2 is 2.04 bits per heavy atom. The minimum Gasteiger partial charge on any atom is -0.321 e. The van der Waals surface area contributed by atoms with Gasteiger partial charge in [-0.05, 0) is 29.7 Å². The van der Waals surface area contributed by atoms with Gasteiger partial charge in [0.15, 0.2) is 0 Å². The van der Waals surface area contributed by atoms with Crippen molar-refractivity contribution in [3.05, 3.63) is 29.3 Å². The number of fused-ring (bicyclic) bond motifs is 1. The highest BCUT2D eigenvalue weighted by Crippen LogP contribution is 2.24. The van der Waals surface area contributed by atoms with Crippen LogP contribution in [-0.2, 0) is 32.6 Å². The molecule has 0 fully saturated rings. The van der Waals surface area contributed by atoms with Crippen molar-refractivity contribution in [1.29, 1.82) is 0 Å². The Labute approximate surface area is 140 Å². The summed E-state index contributed by atoms with van der Waals surface area (Å²) < 4.78 is 24.8. The molecule has 8 nitrogen and oxygen atoms in total. The first-order valence-electron chi connectivity index (χ1n) is 7.56. The molecule has 2 N–H and O–H groups in total. The standard InChI is InChI=1S/C15H18N4O4S/c1-24(22,23)19-7-6-10-2-3-12(8-11(10)9-19)16-15(21)13-4-5-14(20)18-17-13/h2-3,8H,4-7,9H2,1H3,(H,16,21)(H,18,20). The lowest BCUT2D eigenvalue weighted by molar-refractivity contribution is -0.121. The Morgan fingerprint density at radius 3 is 2.71 bits per heavy atom. The lowest BCUT2D eigenvalue weighted by Crippen LogP contribution is -2.35. The van der Waals surface area contributed by atoms with Crippen LogP contribution in [0.25, 0.3) is 0 Å². The molecule has 2 heterocycles. The Kier molecular flexibility index (Phi) is 4.37. The highest BCUT2D eigenvalue weighted by atomic mass is 32.2. The molecule has 0 saturated carbocycles. The van der Waals surface area contributed by atoms with E-state index < -0.39 is 10.0 Å². The molecule has 3 rings (SSSR count). The van der Waals surface area contributed by atoms with Crippen LogP contribution in [0.5, 0.6) is 0 Å². The number of nitrogens with zero attached hydrogens (tertiary/aromatic N) is 2. The number of hydrogen-bond acceptors (Lipinski definition) is 5. The van der Waals surface area contributed by atoms with E-state index in [-0.39, 0.29) is 23.9 Å². The van der Waals surface area contributed by atoms with E-state index in [0.717, 1.165) is 11.1 Å². The van der Waals surface area contributed by atoms with Crippen LogP contribution in [0.4, 0.5) is 5.69 Å². The third-order valence-corrected chi connectivity index (χ3v) is 5.33. The van der Waals surface area contributed by atoms with Crippen LogP contribution in [0.1, 0.15) is 24.0 Å². The van der Waals surface area contributed by atoms with Gasteiger partial charge in [-0.25, -0.2) is 13.8 Å². The zero-order chi connectivity index (χ0) is 17.3. The van der Waals surface area contributed by atoms with Crippen LogP contribution >= 0.6 is 0 Å². The SMILES string of the molecule is CS(=O)(=O)N1CCc2ccc(NC(=O)C3=NNC(=O)CC3)cc2C1. The molecule has 0 bridgehead atoms. The summed E-state index contributed by atoms with van der Waals surface area (Å²) in [5.41, 5.74) is 5.09. The second-order valence-corrected chi connectivity index (χ2v) is 7.86. The third kappa shape index (κ3) is 3.62. The van der Waals surface area contributed by atoms with Crippen molar-refractivity contribution < 1.29 is 18.0 Å². The van der Waals surface area contributed by atoms with E-state index >= 15 is 0 Å². The maximum absolute atomic E-state index is 12.2. The molecule has 1 aromatic rings. The number of hydrazone groups is 1. The molecule has 2 aliphatic rings. The first kappa shape index (κ1) is 16.6. The molecule has 0 aromatic heterocycles. The van der Waals surface area contributed by atoms with Gasteiger partial charge in [0.2, 0.25) is 15.9 Å². The van der Waals surface area contributed by atoms with E-state index in [1.807, 2.05) is 6.07 Å². The zero-order valence-electron chi connectivity index (χ0n) is 13.2. The van der Waals surface area contributed by atoms with Gasteiger partial charge < -0.3 is 5.32 Å². The van der Waals surface area contributed by atoms with Crippen molar-refractivity contribution in [2.45, 2.75) is 25.8 Å². The van der Waals surface area contributed by atoms with Crippen molar-refractivity contribution in [2.24, 2.45) is 5.10 Å². The summed E-state index contributed by atoms with van der Waals surface area (Å²) in [6.07, 6.45) is 2.37. The molecule has 0 saturated heterocycles. The second-order valence-electron chi connectivity index (χ2n) is 5.88. The van der Waals surface area contributed by atoms with E-state index in [2.05, 4.69) is 15.8 Å². The largest absolute Gasteiger partial charge is 0.321 e. The molecule has 0 unspecified atom stereocenters. The van der Waals surface area contributed by atoms with Crippen LogP contribution in [0, 0.1) is 0 Å². The van der Waals surface area contributed by atoms with E-state index in [1.165, 1.54) is 10.6 Å². The average Bonchev–Trinajstić information content (AvgIpc) is 2.54. The van der Waals surface area contributed by atoms with Crippen molar-refractivity contribution in [3.8, 4) is 0 Å². The summed E-state index contributed by atoms with van der Waals surface area (Å²) in [7, 11) is -3.24. The minimum atomic E-state index is -3.24. The van der Waals surface area contributed by atoms with Gasteiger partial charge in [-0.15, -0.1) is 0 Å². The Morgan fingerprint density at radius 1 is 1.25 bits per heavy atom. The number of anilines is 1. The molecule has 24 heavy (non-hydrogen) atoms. The maximum atomic E-state index is 12.2. The molecular weight excluding hydrogens is 332 g/mol. The summed E-state index contributed by atoms with van der Waals surface area (Å²) in [6.45, 7) is 0.767. The molecular formula is C15H18N4O4S. The molecule has 128 valence electrons. The van der Waals surface area contributed by atoms with Crippen LogP contribution in [0.15, 0.2) is 23.3 Å². The van der Waals surface area contributed by atoms with Crippen molar-refractivity contribution in [2.75, 3.05) is 18.1 Å². The smallest absolute Gasteiger partial charge is 0.271 e. The van der Waals surface area contributed by atoms with Gasteiger partial charge >= 0.3 is 0 Å². The molecule has 9 heteroatoms. The second kappa shape index (κ2) is 6.33. The Bertz CT molecular complexity index is 832. The summed E-state index contributed by atoms with van der Waals surface area (Å²) >= 11 is 0.